The molecule has 6 fully saturated rings. The van der Waals surface area contributed by atoms with Gasteiger partial charge in [0.15, 0.2) is 0 Å². The maximum atomic E-state index is 14.4. The largest absolute Gasteiger partial charge is 0.461 e. The summed E-state index contributed by atoms with van der Waals surface area (Å²) in [6.45, 7) is 16.7. The van der Waals surface area contributed by atoms with Crippen LogP contribution in [0.5, 0.6) is 0 Å². The molecule has 13 atom stereocenters. The van der Waals surface area contributed by atoms with Crippen molar-refractivity contribution < 1.29 is 43.1 Å². The van der Waals surface area contributed by atoms with Crippen molar-refractivity contribution in [3.8, 4) is 0 Å². The number of fused-ring (bicyclic) bond motifs is 5. The highest BCUT2D eigenvalue weighted by Gasteiger charge is 2.59. The molecule has 8 rings (SSSR count). The maximum absolute atomic E-state index is 14.4. The fourth-order valence-electron chi connectivity index (χ4n) is 15.7. The van der Waals surface area contributed by atoms with E-state index in [4.69, 9.17) is 10.5 Å². The number of likely N-dealkylation sites (tertiary alicyclic amines) is 3. The molecule has 3 saturated heterocycles. The average molecular weight is 1070 g/mol. The quantitative estimate of drug-likeness (QED) is 0.0805. The summed E-state index contributed by atoms with van der Waals surface area (Å²) in [5.41, 5.74) is 7.69. The van der Waals surface area contributed by atoms with Crippen LogP contribution in [0.2, 0.25) is 0 Å². The first-order chi connectivity index (χ1) is 36.7. The Morgan fingerprint density at radius 1 is 0.740 bits per heavy atom. The minimum atomic E-state index is -1.28. The number of rotatable bonds is 20. The molecule has 0 unspecified atom stereocenters. The van der Waals surface area contributed by atoms with Gasteiger partial charge < -0.3 is 41.1 Å². The normalized spacial score (nSPS) is 30.9. The predicted octanol–water partition coefficient (Wildman–Crippen LogP) is 6.63. The predicted molar refractivity (Wildman–Crippen MR) is 291 cm³/mol. The molecule has 4 aliphatic carbocycles. The van der Waals surface area contributed by atoms with E-state index >= 15 is 0 Å². The van der Waals surface area contributed by atoms with Crippen molar-refractivity contribution in [1.82, 2.24) is 35.6 Å². The number of esters is 1. The van der Waals surface area contributed by atoms with E-state index in [9.17, 15) is 38.4 Å². The van der Waals surface area contributed by atoms with Gasteiger partial charge >= 0.3 is 5.97 Å². The van der Waals surface area contributed by atoms with Crippen LogP contribution >= 0.6 is 0 Å². The summed E-state index contributed by atoms with van der Waals surface area (Å²) in [6.07, 6.45) is 17.8. The number of pyridine rings is 1. The summed E-state index contributed by atoms with van der Waals surface area (Å²) < 4.78 is 6.07. The Labute approximate surface area is 457 Å². The Kier molecular flexibility index (Phi) is 18.6. The Bertz CT molecular complexity index is 2380. The van der Waals surface area contributed by atoms with Crippen LogP contribution in [0.25, 0.3) is 0 Å². The second-order valence-corrected chi connectivity index (χ2v) is 25.5. The third kappa shape index (κ3) is 12.7. The lowest BCUT2D eigenvalue weighted by Crippen LogP contribution is -2.59. The zero-order valence-electron chi connectivity index (χ0n) is 47.2. The fourth-order valence-corrected chi connectivity index (χ4v) is 15.7. The minimum absolute atomic E-state index is 0.0690. The fraction of sp³-hybridized carbons (Fsp3) is 0.750. The van der Waals surface area contributed by atoms with E-state index in [1.165, 1.54) is 65.0 Å². The van der Waals surface area contributed by atoms with Crippen LogP contribution in [-0.2, 0) is 38.3 Å². The van der Waals surface area contributed by atoms with E-state index in [-0.39, 0.29) is 73.8 Å². The molecule has 5 N–H and O–H groups in total. The molecule has 0 spiro atoms. The number of ether oxygens (including phenoxy) is 1. The first-order valence-electron chi connectivity index (χ1n) is 29.6. The summed E-state index contributed by atoms with van der Waals surface area (Å²) in [5.74, 6) is 0.195. The monoisotopic (exact) mass is 1070 g/mol. The molecule has 3 aliphatic heterocycles. The Balaban J connectivity index is 0.841. The molecule has 0 radical (unpaired) electrons. The third-order valence-corrected chi connectivity index (χ3v) is 19.7. The molecule has 424 valence electrons. The van der Waals surface area contributed by atoms with Crippen LogP contribution in [0.15, 0.2) is 36.0 Å². The van der Waals surface area contributed by atoms with E-state index in [2.05, 4.69) is 61.6 Å². The zero-order chi connectivity index (χ0) is 55.3. The summed E-state index contributed by atoms with van der Waals surface area (Å²) in [4.78, 5) is 118. The molecule has 77 heavy (non-hydrogen) atoms. The molecule has 17 nitrogen and oxygen atoms in total. The summed E-state index contributed by atoms with van der Waals surface area (Å²) in [6, 6.07) is 0.0558. The molecule has 7 amide bonds. The number of allylic oxidation sites excluding steroid dienone is 1. The van der Waals surface area contributed by atoms with Crippen molar-refractivity contribution in [2.24, 2.45) is 58.0 Å². The van der Waals surface area contributed by atoms with Crippen LogP contribution in [-0.4, -0.2) is 129 Å². The first-order valence-corrected chi connectivity index (χ1v) is 29.6. The highest BCUT2D eigenvalue weighted by Crippen LogP contribution is 2.67. The first kappa shape index (κ1) is 57.8. The van der Waals surface area contributed by atoms with Crippen LogP contribution in [0.4, 0.5) is 0 Å². The van der Waals surface area contributed by atoms with Gasteiger partial charge in [-0.05, 0) is 161 Å². The maximum Gasteiger partial charge on any atom is 0.325 e. The van der Waals surface area contributed by atoms with Crippen LogP contribution in [0.1, 0.15) is 181 Å². The van der Waals surface area contributed by atoms with E-state index in [1.807, 2.05) is 13.8 Å². The van der Waals surface area contributed by atoms with Crippen molar-refractivity contribution in [3.05, 3.63) is 41.7 Å². The number of carbonyl (C=O) groups is 8. The number of hydrogen-bond acceptors (Lipinski definition) is 10. The van der Waals surface area contributed by atoms with Crippen LogP contribution in [0.3, 0.4) is 0 Å². The SMILES string of the molecule is CC(C)CC[C@@H](C)[C@H]1CC[C@H]2[C@@H]3CC=C4C[C@H](OC(=O)CNC(=O)[C@@H]5CCCN5C(=O)[C@H](CC(C)C)NC(=O)[C@H](CCC(N)=O)NC(=O)[C@@H]5CCCN5C(=O)[C@@H]5CCCN5C(=O)c5ccccn5)CC[C@]4(C)[C@H]3CC[C@]12C. The van der Waals surface area contributed by atoms with Crippen LogP contribution < -0.4 is 21.7 Å². The number of nitrogens with zero attached hydrogens (tertiary/aromatic N) is 4. The molecule has 1 aromatic rings. The van der Waals surface area contributed by atoms with Gasteiger partial charge in [0, 0.05) is 38.7 Å². The highest BCUT2D eigenvalue weighted by molar-refractivity contribution is 5.99. The Morgan fingerprint density at radius 3 is 2.13 bits per heavy atom. The molecule has 0 aromatic carbocycles. The smallest absolute Gasteiger partial charge is 0.325 e. The second kappa shape index (κ2) is 24.8. The number of primary amides is 1. The van der Waals surface area contributed by atoms with Crippen molar-refractivity contribution in [1.29, 1.82) is 0 Å². The van der Waals surface area contributed by atoms with Gasteiger partial charge in [-0.2, -0.15) is 0 Å². The van der Waals surface area contributed by atoms with Crippen molar-refractivity contribution >= 4 is 47.3 Å². The zero-order valence-corrected chi connectivity index (χ0v) is 47.2. The lowest BCUT2D eigenvalue weighted by molar-refractivity contribution is -0.152. The van der Waals surface area contributed by atoms with Gasteiger partial charge in [-0.25, -0.2) is 0 Å². The van der Waals surface area contributed by atoms with Gasteiger partial charge in [0.25, 0.3) is 5.91 Å². The van der Waals surface area contributed by atoms with E-state index < -0.39 is 65.7 Å². The molecule has 17 heteroatoms. The number of nitrogens with two attached hydrogens (primary N) is 1. The summed E-state index contributed by atoms with van der Waals surface area (Å²) in [7, 11) is 0. The van der Waals surface area contributed by atoms with Gasteiger partial charge in [0.1, 0.15) is 48.6 Å². The molecule has 4 heterocycles. The van der Waals surface area contributed by atoms with Crippen molar-refractivity contribution in [2.45, 2.75) is 207 Å². The molecule has 0 bridgehead atoms. The molecular formula is C60H90N8O9. The number of amides is 7. The van der Waals surface area contributed by atoms with E-state index in [0.717, 1.165) is 42.9 Å². The molecule has 7 aliphatic rings. The van der Waals surface area contributed by atoms with Gasteiger partial charge in [-0.1, -0.05) is 79.0 Å². The summed E-state index contributed by atoms with van der Waals surface area (Å²) in [5, 5.41) is 8.36. The van der Waals surface area contributed by atoms with Crippen molar-refractivity contribution in [2.75, 3.05) is 26.2 Å². The molecule has 3 saturated carbocycles. The van der Waals surface area contributed by atoms with Gasteiger partial charge in [-0.15, -0.1) is 0 Å². The number of nitrogens with one attached hydrogen (secondary N) is 3. The van der Waals surface area contributed by atoms with Gasteiger partial charge in [0.2, 0.25) is 35.4 Å². The standard InChI is InChI=1S/C60H90N8O9/c1-36(2)17-18-38(5)42-21-22-43-41-20-19-39-34-40(25-27-59(39,6)44(41)26-28-60(42,43)7)77-52(70)35-63-54(72)48-14-10-30-66(48)57(75)47(33-37(3)4)65-53(71)45(23-24-51(61)69)64-55(73)49-15-11-31-67(49)58(76)50-16-12-32-68(50)56(74)46-13-8-9-29-62-46/h8-9,13,19,29,36-38,40-45,47-50H,10-12,14-18,20-28,30-35H2,1-7H3,(H2,61,69)(H,63,72)(H,64,73)(H,65,71)/t38-,40-,41+,42-,43+,44+,45+,47+,48+,49+,50+,59+,60-/m1/s1. The average Bonchev–Trinajstić information content (AvgIpc) is 4.42. The molecule has 1 aromatic heterocycles. The Morgan fingerprint density at radius 2 is 1.44 bits per heavy atom. The van der Waals surface area contributed by atoms with E-state index in [0.29, 0.717) is 68.7 Å². The number of aromatic nitrogens is 1. The van der Waals surface area contributed by atoms with Gasteiger partial charge in [-0.3, -0.25) is 43.3 Å². The van der Waals surface area contributed by atoms with Gasteiger partial charge in [0.05, 0.1) is 0 Å². The third-order valence-electron chi connectivity index (χ3n) is 19.7. The van der Waals surface area contributed by atoms with E-state index in [1.54, 1.807) is 18.2 Å². The topological polar surface area (TPSA) is 231 Å². The Hall–Kier alpha value is -5.35. The van der Waals surface area contributed by atoms with Crippen LogP contribution in [0, 0.1) is 52.3 Å². The lowest BCUT2D eigenvalue weighted by atomic mass is 9.47. The second-order valence-electron chi connectivity index (χ2n) is 25.5. The highest BCUT2D eigenvalue weighted by atomic mass is 16.5. The van der Waals surface area contributed by atoms with Crippen molar-refractivity contribution in [3.63, 3.8) is 0 Å². The minimum Gasteiger partial charge on any atom is -0.461 e. The number of hydrogen-bond donors (Lipinski definition) is 4. The lowest BCUT2D eigenvalue weighted by Gasteiger charge is -2.58. The number of carbonyl (C=O) groups excluding carboxylic acids is 8. The summed E-state index contributed by atoms with van der Waals surface area (Å²) >= 11 is 0. The molecular weight excluding hydrogens is 977 g/mol.